The maximum atomic E-state index is 6.35. The lowest BCUT2D eigenvalue weighted by Gasteiger charge is -2.27. The third-order valence-electron chi connectivity index (χ3n) is 6.91. The van der Waals surface area contributed by atoms with E-state index in [9.17, 15) is 0 Å². The zero-order valence-electron chi connectivity index (χ0n) is 20.1. The van der Waals surface area contributed by atoms with Crippen LogP contribution >= 0.6 is 0 Å². The van der Waals surface area contributed by atoms with Crippen LogP contribution in [0.4, 0.5) is 0 Å². The molecule has 34 heavy (non-hydrogen) atoms. The Balaban J connectivity index is 1.47. The molecule has 1 saturated heterocycles. The van der Waals surface area contributed by atoms with E-state index >= 15 is 0 Å². The largest absolute Gasteiger partial charge is 0.497 e. The molecule has 0 aromatic heterocycles. The molecule has 1 atom stereocenters. The number of likely N-dealkylation sites (tertiary alicyclic amines) is 1. The quantitative estimate of drug-likeness (QED) is 0.428. The van der Waals surface area contributed by atoms with Crippen LogP contribution in [0.3, 0.4) is 0 Å². The summed E-state index contributed by atoms with van der Waals surface area (Å²) in [6, 6.07) is 21.0. The summed E-state index contributed by atoms with van der Waals surface area (Å²) < 4.78 is 23.2. The molecule has 0 spiro atoms. The predicted molar refractivity (Wildman–Crippen MR) is 135 cm³/mol. The molecule has 2 aliphatic rings. The van der Waals surface area contributed by atoms with Gasteiger partial charge in [0.2, 0.25) is 0 Å². The molecule has 1 unspecified atom stereocenters. The van der Waals surface area contributed by atoms with Gasteiger partial charge in [-0.05, 0) is 73.8 Å². The Labute approximate surface area is 202 Å². The fourth-order valence-corrected chi connectivity index (χ4v) is 5.04. The highest BCUT2D eigenvalue weighted by molar-refractivity contribution is 5.73. The Morgan fingerprint density at radius 2 is 1.74 bits per heavy atom. The van der Waals surface area contributed by atoms with Crippen molar-refractivity contribution >= 4 is 0 Å². The Kier molecular flexibility index (Phi) is 6.91. The number of fused-ring (bicyclic) bond motifs is 1. The summed E-state index contributed by atoms with van der Waals surface area (Å²) in [5, 5.41) is 0. The Morgan fingerprint density at radius 3 is 2.56 bits per heavy atom. The number of rotatable bonds is 8. The first-order valence-electron chi connectivity index (χ1n) is 12.2. The molecule has 1 fully saturated rings. The van der Waals surface area contributed by atoms with Crippen LogP contribution in [-0.4, -0.2) is 52.0 Å². The van der Waals surface area contributed by atoms with Crippen molar-refractivity contribution in [3.8, 4) is 34.1 Å². The molecule has 2 aliphatic heterocycles. The van der Waals surface area contributed by atoms with E-state index in [0.717, 1.165) is 47.1 Å². The Morgan fingerprint density at radius 1 is 0.912 bits per heavy atom. The van der Waals surface area contributed by atoms with Gasteiger partial charge in [-0.2, -0.15) is 0 Å². The van der Waals surface area contributed by atoms with Crippen LogP contribution in [0.5, 0.6) is 23.0 Å². The highest BCUT2D eigenvalue weighted by atomic mass is 16.5. The molecule has 5 rings (SSSR count). The number of nitrogens with zero attached hydrogens (tertiary/aromatic N) is 1. The average Bonchev–Trinajstić information content (AvgIpc) is 3.42. The van der Waals surface area contributed by atoms with E-state index in [2.05, 4.69) is 41.3 Å². The van der Waals surface area contributed by atoms with Gasteiger partial charge in [-0.15, -0.1) is 0 Å². The summed E-state index contributed by atoms with van der Waals surface area (Å²) in [7, 11) is 3.39. The van der Waals surface area contributed by atoms with Crippen molar-refractivity contribution in [1.82, 2.24) is 4.90 Å². The summed E-state index contributed by atoms with van der Waals surface area (Å²) in [5.74, 6) is 3.74. The van der Waals surface area contributed by atoms with Crippen molar-refractivity contribution in [2.75, 3.05) is 47.1 Å². The van der Waals surface area contributed by atoms with Crippen molar-refractivity contribution in [3.63, 3.8) is 0 Å². The summed E-state index contributed by atoms with van der Waals surface area (Å²) >= 11 is 0. The van der Waals surface area contributed by atoms with Crippen LogP contribution in [0.15, 0.2) is 60.7 Å². The highest BCUT2D eigenvalue weighted by Crippen LogP contribution is 2.42. The molecule has 3 aromatic rings. The van der Waals surface area contributed by atoms with Gasteiger partial charge in [0, 0.05) is 29.7 Å². The molecule has 3 aromatic carbocycles. The molecule has 5 nitrogen and oxygen atoms in total. The van der Waals surface area contributed by atoms with Gasteiger partial charge in [-0.3, -0.25) is 4.90 Å². The van der Waals surface area contributed by atoms with Gasteiger partial charge >= 0.3 is 0 Å². The predicted octanol–water partition coefficient (Wildman–Crippen LogP) is 5.76. The summed E-state index contributed by atoms with van der Waals surface area (Å²) in [5.41, 5.74) is 4.66. The molecule has 178 valence electrons. The minimum atomic E-state index is 0.262. The second-order valence-corrected chi connectivity index (χ2v) is 8.98. The van der Waals surface area contributed by atoms with Gasteiger partial charge in [-0.1, -0.05) is 24.3 Å². The summed E-state index contributed by atoms with van der Waals surface area (Å²) in [6.07, 6.45) is 3.52. The fourth-order valence-electron chi connectivity index (χ4n) is 5.04. The second-order valence-electron chi connectivity index (χ2n) is 8.98. The average molecular weight is 460 g/mol. The van der Waals surface area contributed by atoms with E-state index in [1.54, 1.807) is 14.2 Å². The van der Waals surface area contributed by atoms with Gasteiger partial charge < -0.3 is 18.9 Å². The van der Waals surface area contributed by atoms with E-state index < -0.39 is 0 Å². The lowest BCUT2D eigenvalue weighted by molar-refractivity contribution is 0.238. The smallest absolute Gasteiger partial charge is 0.127 e. The van der Waals surface area contributed by atoms with Crippen molar-refractivity contribution in [2.45, 2.75) is 25.2 Å². The number of methoxy groups -OCH3 is 2. The van der Waals surface area contributed by atoms with Gasteiger partial charge in [0.05, 0.1) is 20.8 Å². The Bertz CT molecular complexity index is 1120. The van der Waals surface area contributed by atoms with Crippen molar-refractivity contribution in [3.05, 3.63) is 71.8 Å². The summed E-state index contributed by atoms with van der Waals surface area (Å²) in [6.45, 7) is 4.70. The van der Waals surface area contributed by atoms with Gasteiger partial charge in [-0.25, -0.2) is 0 Å². The van der Waals surface area contributed by atoms with E-state index in [4.69, 9.17) is 18.9 Å². The lowest BCUT2D eigenvalue weighted by Crippen LogP contribution is -2.25. The standard InChI is InChI=1S/C29H33NO4/c1-31-23-7-5-6-21(18-23)27-19-22(8-11-28(27)34-17-15-30-13-3-4-14-30)25-12-16-33-29-20-24(32-2)9-10-26(25)29/h5-11,18-20,25H,3-4,12-17H2,1-2H3. The summed E-state index contributed by atoms with van der Waals surface area (Å²) in [4.78, 5) is 2.48. The zero-order valence-corrected chi connectivity index (χ0v) is 20.1. The van der Waals surface area contributed by atoms with E-state index in [0.29, 0.717) is 13.2 Å². The van der Waals surface area contributed by atoms with Crippen LogP contribution < -0.4 is 18.9 Å². The Hall–Kier alpha value is -3.18. The molecular weight excluding hydrogens is 426 g/mol. The second kappa shape index (κ2) is 10.4. The zero-order chi connectivity index (χ0) is 23.3. The molecule has 5 heteroatoms. The van der Waals surface area contributed by atoms with Crippen molar-refractivity contribution in [1.29, 1.82) is 0 Å². The van der Waals surface area contributed by atoms with Crippen LogP contribution in [0, 0.1) is 0 Å². The van der Waals surface area contributed by atoms with E-state index in [1.807, 2.05) is 24.3 Å². The highest BCUT2D eigenvalue weighted by Gasteiger charge is 2.25. The molecule has 0 amide bonds. The molecule has 0 bridgehead atoms. The maximum absolute atomic E-state index is 6.35. The van der Waals surface area contributed by atoms with Crippen molar-refractivity contribution in [2.24, 2.45) is 0 Å². The molecule has 2 heterocycles. The minimum absolute atomic E-state index is 0.262. The fraction of sp³-hybridized carbons (Fsp3) is 0.379. The van der Waals surface area contributed by atoms with Gasteiger partial charge in [0.25, 0.3) is 0 Å². The third kappa shape index (κ3) is 4.85. The number of hydrogen-bond acceptors (Lipinski definition) is 5. The van der Waals surface area contributed by atoms with E-state index in [-0.39, 0.29) is 5.92 Å². The van der Waals surface area contributed by atoms with Gasteiger partial charge in [0.15, 0.2) is 0 Å². The number of hydrogen-bond donors (Lipinski definition) is 0. The van der Waals surface area contributed by atoms with E-state index in [1.165, 1.54) is 37.1 Å². The topological polar surface area (TPSA) is 40.2 Å². The first-order chi connectivity index (χ1) is 16.7. The number of ether oxygens (including phenoxy) is 4. The molecule has 0 N–H and O–H groups in total. The van der Waals surface area contributed by atoms with Crippen molar-refractivity contribution < 1.29 is 18.9 Å². The third-order valence-corrected chi connectivity index (χ3v) is 6.91. The van der Waals surface area contributed by atoms with Gasteiger partial charge in [0.1, 0.15) is 29.6 Å². The molecule has 0 saturated carbocycles. The van der Waals surface area contributed by atoms with Crippen LogP contribution in [0.2, 0.25) is 0 Å². The molecular formula is C29H33NO4. The number of benzene rings is 3. The molecule has 0 aliphatic carbocycles. The monoisotopic (exact) mass is 459 g/mol. The minimum Gasteiger partial charge on any atom is -0.497 e. The maximum Gasteiger partial charge on any atom is 0.127 e. The normalized spacial score (nSPS) is 17.6. The van der Waals surface area contributed by atoms with Crippen LogP contribution in [0.1, 0.15) is 36.3 Å². The SMILES string of the molecule is COc1cccc(-c2cc(C3CCOc4cc(OC)ccc43)ccc2OCCN2CCCC2)c1. The van der Waals surface area contributed by atoms with Crippen LogP contribution in [-0.2, 0) is 0 Å². The lowest BCUT2D eigenvalue weighted by atomic mass is 9.85. The first kappa shape index (κ1) is 22.6. The molecule has 0 radical (unpaired) electrons. The van der Waals surface area contributed by atoms with Crippen LogP contribution in [0.25, 0.3) is 11.1 Å². The first-order valence-corrected chi connectivity index (χ1v) is 12.2.